The molecule has 156 valence electrons. The zero-order valence-electron chi connectivity index (χ0n) is 15.8. The zero-order valence-corrected chi connectivity index (χ0v) is 15.8. The van der Waals surface area contributed by atoms with Gasteiger partial charge in [0.2, 0.25) is 5.91 Å². The average Bonchev–Trinajstić information content (AvgIpc) is 3.23. The number of fused-ring (bicyclic) bond motifs is 1. The van der Waals surface area contributed by atoms with Crippen molar-refractivity contribution in [1.29, 1.82) is 5.41 Å². The maximum Gasteiger partial charge on any atom is 0.326 e. The lowest BCUT2D eigenvalue weighted by atomic mass is 10.2. The highest BCUT2D eigenvalue weighted by molar-refractivity contribution is 5.98. The predicted octanol–water partition coefficient (Wildman–Crippen LogP) is 0.0630. The molecule has 0 aliphatic heterocycles. The Hall–Kier alpha value is -4.22. The van der Waals surface area contributed by atoms with E-state index in [-0.39, 0.29) is 12.4 Å². The zero-order chi connectivity index (χ0) is 22.0. The third-order valence-corrected chi connectivity index (χ3v) is 4.44. The number of H-pyrrole nitrogens is 1. The number of hydrogen-bond acceptors (Lipinski definition) is 6. The number of aromatic amines is 1. The van der Waals surface area contributed by atoms with Gasteiger partial charge in [-0.05, 0) is 25.1 Å². The first-order valence-corrected chi connectivity index (χ1v) is 8.76. The fourth-order valence-electron chi connectivity index (χ4n) is 2.89. The van der Waals surface area contributed by atoms with Crippen molar-refractivity contribution in [2.24, 2.45) is 5.73 Å². The molecule has 0 spiro atoms. The van der Waals surface area contributed by atoms with Crippen LogP contribution in [0.2, 0.25) is 0 Å². The lowest BCUT2D eigenvalue weighted by Gasteiger charge is -2.13. The van der Waals surface area contributed by atoms with Gasteiger partial charge in [0.1, 0.15) is 24.1 Å². The summed E-state index contributed by atoms with van der Waals surface area (Å²) in [5.74, 6) is -3.04. The number of aliphatic carboxylic acids is 2. The van der Waals surface area contributed by atoms with Crippen molar-refractivity contribution >= 4 is 34.7 Å². The van der Waals surface area contributed by atoms with Gasteiger partial charge in [-0.2, -0.15) is 0 Å². The first kappa shape index (κ1) is 20.5. The normalized spacial score (nSPS) is 11.9. The third-order valence-electron chi connectivity index (χ3n) is 4.44. The number of carbonyl (C=O) groups is 3. The number of hydrogen-bond donors (Lipinski definition) is 6. The van der Waals surface area contributed by atoms with Crippen LogP contribution in [0.25, 0.3) is 22.6 Å². The second kappa shape index (κ2) is 8.03. The molecule has 0 radical (unpaired) electrons. The number of nitrogens with two attached hydrogens (primary N) is 1. The lowest BCUT2D eigenvalue weighted by molar-refractivity contribution is -0.147. The summed E-state index contributed by atoms with van der Waals surface area (Å²) in [7, 11) is 0. The molecule has 2 aromatic heterocycles. The minimum atomic E-state index is -1.52. The molecular weight excluding hydrogens is 394 g/mol. The number of nitrogens with one attached hydrogen (secondary N) is 3. The van der Waals surface area contributed by atoms with Crippen LogP contribution in [0, 0.1) is 12.3 Å². The van der Waals surface area contributed by atoms with Gasteiger partial charge in [-0.15, -0.1) is 0 Å². The fourth-order valence-corrected chi connectivity index (χ4v) is 2.89. The van der Waals surface area contributed by atoms with Gasteiger partial charge in [0.15, 0.2) is 5.82 Å². The number of carboxylic acids is 2. The summed E-state index contributed by atoms with van der Waals surface area (Å²) in [6.45, 7) is 1.48. The molecule has 0 fully saturated rings. The van der Waals surface area contributed by atoms with Crippen molar-refractivity contribution in [3.05, 3.63) is 35.8 Å². The van der Waals surface area contributed by atoms with Crippen LogP contribution in [0.4, 0.5) is 0 Å². The first-order chi connectivity index (χ1) is 14.2. The number of carboxylic acid groups (broad SMARTS) is 2. The SMILES string of the molecule is Cc1c(-c2nc3cc(C(=N)N)ccc3[nH]2)ncn1CC(=O)NC(CC(=O)O)C(=O)O. The van der Waals surface area contributed by atoms with Crippen LogP contribution in [0.15, 0.2) is 24.5 Å². The monoisotopic (exact) mass is 413 g/mol. The Morgan fingerprint density at radius 2 is 2.07 bits per heavy atom. The summed E-state index contributed by atoms with van der Waals surface area (Å²) in [5, 5.41) is 27.5. The number of aromatic nitrogens is 4. The largest absolute Gasteiger partial charge is 0.481 e. The van der Waals surface area contributed by atoms with Gasteiger partial charge in [-0.3, -0.25) is 15.0 Å². The Kier molecular flexibility index (Phi) is 5.49. The second-order valence-corrected chi connectivity index (χ2v) is 6.59. The van der Waals surface area contributed by atoms with Crippen LogP contribution in [0.5, 0.6) is 0 Å². The fraction of sp³-hybridized carbons (Fsp3) is 0.222. The van der Waals surface area contributed by atoms with E-state index in [1.165, 1.54) is 10.9 Å². The van der Waals surface area contributed by atoms with Crippen LogP contribution < -0.4 is 11.1 Å². The molecule has 3 rings (SSSR count). The predicted molar refractivity (Wildman–Crippen MR) is 105 cm³/mol. The molecule has 7 N–H and O–H groups in total. The van der Waals surface area contributed by atoms with Gasteiger partial charge >= 0.3 is 11.9 Å². The summed E-state index contributed by atoms with van der Waals surface area (Å²) >= 11 is 0. The van der Waals surface area contributed by atoms with E-state index in [2.05, 4.69) is 20.3 Å². The number of benzene rings is 1. The van der Waals surface area contributed by atoms with E-state index in [0.717, 1.165) is 5.52 Å². The van der Waals surface area contributed by atoms with Gasteiger partial charge in [-0.25, -0.2) is 14.8 Å². The Balaban J connectivity index is 1.79. The Morgan fingerprint density at radius 1 is 1.33 bits per heavy atom. The molecule has 0 saturated carbocycles. The number of nitrogens with zero attached hydrogens (tertiary/aromatic N) is 3. The summed E-state index contributed by atoms with van der Waals surface area (Å²) in [4.78, 5) is 45.9. The highest BCUT2D eigenvalue weighted by Gasteiger charge is 2.23. The lowest BCUT2D eigenvalue weighted by Crippen LogP contribution is -2.43. The molecule has 30 heavy (non-hydrogen) atoms. The number of rotatable bonds is 8. The molecule has 0 saturated heterocycles. The molecule has 2 heterocycles. The molecule has 3 aromatic rings. The van der Waals surface area contributed by atoms with Crippen LogP contribution in [-0.4, -0.2) is 59.5 Å². The number of amidine groups is 1. The van der Waals surface area contributed by atoms with E-state index < -0.39 is 30.3 Å². The van der Waals surface area contributed by atoms with E-state index in [1.807, 2.05) is 0 Å². The molecule has 0 aliphatic rings. The Morgan fingerprint density at radius 3 is 2.70 bits per heavy atom. The van der Waals surface area contributed by atoms with E-state index >= 15 is 0 Å². The average molecular weight is 413 g/mol. The van der Waals surface area contributed by atoms with E-state index in [0.29, 0.717) is 28.3 Å². The van der Waals surface area contributed by atoms with Crippen LogP contribution >= 0.6 is 0 Å². The minimum absolute atomic E-state index is 0.0736. The van der Waals surface area contributed by atoms with Gasteiger partial charge < -0.3 is 30.8 Å². The highest BCUT2D eigenvalue weighted by atomic mass is 16.4. The number of carbonyl (C=O) groups excluding carboxylic acids is 1. The third kappa shape index (κ3) is 4.27. The topological polar surface area (TPSA) is 200 Å². The first-order valence-electron chi connectivity index (χ1n) is 8.76. The highest BCUT2D eigenvalue weighted by Crippen LogP contribution is 2.23. The quantitative estimate of drug-likeness (QED) is 0.220. The maximum atomic E-state index is 12.2. The van der Waals surface area contributed by atoms with E-state index in [1.54, 1.807) is 25.1 Å². The number of imidazole rings is 2. The van der Waals surface area contributed by atoms with Gasteiger partial charge in [0.05, 0.1) is 23.8 Å². The molecule has 1 aromatic carbocycles. The second-order valence-electron chi connectivity index (χ2n) is 6.59. The van der Waals surface area contributed by atoms with Gasteiger partial charge in [0.25, 0.3) is 0 Å². The molecule has 0 bridgehead atoms. The van der Waals surface area contributed by atoms with Gasteiger partial charge in [-0.1, -0.05) is 0 Å². The Bertz CT molecular complexity index is 1160. The maximum absolute atomic E-state index is 12.2. The van der Waals surface area contributed by atoms with Crippen LogP contribution in [0.3, 0.4) is 0 Å². The van der Waals surface area contributed by atoms with Crippen molar-refractivity contribution in [2.45, 2.75) is 25.9 Å². The van der Waals surface area contributed by atoms with Crippen LogP contribution in [0.1, 0.15) is 17.7 Å². The van der Waals surface area contributed by atoms with Crippen molar-refractivity contribution in [3.63, 3.8) is 0 Å². The summed E-state index contributed by atoms with van der Waals surface area (Å²) in [6, 6.07) is 3.59. The summed E-state index contributed by atoms with van der Waals surface area (Å²) < 4.78 is 1.50. The van der Waals surface area contributed by atoms with Crippen molar-refractivity contribution < 1.29 is 24.6 Å². The summed E-state index contributed by atoms with van der Waals surface area (Å²) in [6.07, 6.45) is 0.682. The standard InChI is InChI=1S/C18H19N7O5/c1-8-15(17-23-10-3-2-9(16(19)20)4-11(10)24-17)21-7-25(8)6-13(26)22-12(18(29)30)5-14(27)28/h2-4,7,12H,5-6H2,1H3,(H3,19,20)(H,22,26)(H,23,24)(H,27,28)(H,29,30). The molecule has 1 atom stereocenters. The molecule has 12 nitrogen and oxygen atoms in total. The molecular formula is C18H19N7O5. The van der Waals surface area contributed by atoms with Gasteiger partial charge in [0, 0.05) is 11.3 Å². The van der Waals surface area contributed by atoms with E-state index in [4.69, 9.17) is 21.4 Å². The smallest absolute Gasteiger partial charge is 0.326 e. The van der Waals surface area contributed by atoms with Crippen molar-refractivity contribution in [1.82, 2.24) is 24.8 Å². The number of nitrogen functional groups attached to an aromatic ring is 1. The Labute approximate surface area is 169 Å². The summed E-state index contributed by atoms with van der Waals surface area (Å²) in [5.41, 5.74) is 8.44. The van der Waals surface area contributed by atoms with Crippen molar-refractivity contribution in [2.75, 3.05) is 0 Å². The number of amides is 1. The molecule has 1 amide bonds. The molecule has 1 unspecified atom stereocenters. The minimum Gasteiger partial charge on any atom is -0.481 e. The van der Waals surface area contributed by atoms with Crippen molar-refractivity contribution in [3.8, 4) is 11.5 Å². The van der Waals surface area contributed by atoms with E-state index in [9.17, 15) is 14.4 Å². The molecule has 12 heteroatoms. The molecule has 0 aliphatic carbocycles. The van der Waals surface area contributed by atoms with Crippen LogP contribution in [-0.2, 0) is 20.9 Å².